The maximum absolute atomic E-state index is 13.2. The predicted molar refractivity (Wildman–Crippen MR) is 45.8 cm³/mol. The summed E-state index contributed by atoms with van der Waals surface area (Å²) in [7, 11) is -4.13. The van der Waals surface area contributed by atoms with Gasteiger partial charge in [-0.3, -0.25) is 0 Å². The highest BCUT2D eigenvalue weighted by atomic mass is 32.2. The molecule has 0 radical (unpaired) electrons. The summed E-state index contributed by atoms with van der Waals surface area (Å²) in [5, 5.41) is 17.4. The van der Waals surface area contributed by atoms with E-state index < -0.39 is 37.7 Å². The molecule has 0 heterocycles. The molecule has 0 aliphatic carbocycles. The molecule has 0 aliphatic heterocycles. The molecule has 0 aromatic heterocycles. The number of sulfone groups is 1. The van der Waals surface area contributed by atoms with Gasteiger partial charge < -0.3 is 5.11 Å². The Hall–Kier alpha value is -1.68. The van der Waals surface area contributed by atoms with E-state index in [-0.39, 0.29) is 0 Å². The lowest BCUT2D eigenvalue weighted by atomic mass is 10.2. The number of phenols is 1. The van der Waals surface area contributed by atoms with Crippen molar-refractivity contribution >= 4 is 9.84 Å². The van der Waals surface area contributed by atoms with Crippen LogP contribution in [0.2, 0.25) is 0 Å². The third kappa shape index (κ3) is 1.89. The molecular weight excluding hydrogens is 228 g/mol. The Bertz CT molecular complexity index is 560. The van der Waals surface area contributed by atoms with Crippen molar-refractivity contribution in [2.75, 3.05) is 6.26 Å². The van der Waals surface area contributed by atoms with Gasteiger partial charge in [-0.2, -0.15) is 5.26 Å². The van der Waals surface area contributed by atoms with Crippen molar-refractivity contribution in [3.63, 3.8) is 0 Å². The zero-order valence-corrected chi connectivity index (χ0v) is 8.27. The minimum atomic E-state index is -4.13. The number of phenolic OH excluding ortho intramolecular Hbond substituents is 1. The first kappa shape index (κ1) is 11.4. The molecule has 0 aliphatic rings. The number of hydrogen-bond donors (Lipinski definition) is 1. The number of benzene rings is 1. The van der Waals surface area contributed by atoms with Gasteiger partial charge in [0.1, 0.15) is 16.8 Å². The Labute approximate surface area is 84.3 Å². The maximum atomic E-state index is 13.2. The fourth-order valence-electron chi connectivity index (χ4n) is 1.02. The first-order valence-corrected chi connectivity index (χ1v) is 5.49. The monoisotopic (exact) mass is 233 g/mol. The summed E-state index contributed by atoms with van der Waals surface area (Å²) >= 11 is 0. The van der Waals surface area contributed by atoms with Crippen LogP contribution in [0.1, 0.15) is 5.56 Å². The van der Waals surface area contributed by atoms with E-state index in [2.05, 4.69) is 0 Å². The Morgan fingerprint density at radius 3 is 2.40 bits per heavy atom. The van der Waals surface area contributed by atoms with E-state index in [0.717, 1.165) is 0 Å². The molecule has 1 aromatic carbocycles. The first-order valence-electron chi connectivity index (χ1n) is 3.60. The summed E-state index contributed by atoms with van der Waals surface area (Å²) in [6.07, 6.45) is 0.597. The predicted octanol–water partition coefficient (Wildman–Crippen LogP) is 0.946. The van der Waals surface area contributed by atoms with E-state index in [4.69, 9.17) is 10.4 Å². The molecule has 1 aromatic rings. The van der Waals surface area contributed by atoms with E-state index in [1.54, 1.807) is 0 Å². The van der Waals surface area contributed by atoms with Crippen molar-refractivity contribution in [3.05, 3.63) is 23.3 Å². The molecule has 0 fully saturated rings. The van der Waals surface area contributed by atoms with Crippen molar-refractivity contribution < 1.29 is 22.3 Å². The van der Waals surface area contributed by atoms with Gasteiger partial charge in [-0.1, -0.05) is 0 Å². The SMILES string of the molecule is CS(=O)(=O)c1c(F)cc(C#N)c(O)c1F. The van der Waals surface area contributed by atoms with Crippen molar-refractivity contribution in [1.82, 2.24) is 0 Å². The van der Waals surface area contributed by atoms with Gasteiger partial charge in [0.25, 0.3) is 0 Å². The van der Waals surface area contributed by atoms with Crippen molar-refractivity contribution in [3.8, 4) is 11.8 Å². The first-order chi connectivity index (χ1) is 6.79. The Morgan fingerprint density at radius 2 is 2.00 bits per heavy atom. The molecular formula is C8H5F2NO3S. The summed E-state index contributed by atoms with van der Waals surface area (Å²) < 4.78 is 48.2. The molecule has 0 saturated heterocycles. The normalized spacial score (nSPS) is 11.1. The average Bonchev–Trinajstić information content (AvgIpc) is 2.09. The fourth-order valence-corrected chi connectivity index (χ4v) is 1.85. The summed E-state index contributed by atoms with van der Waals surface area (Å²) in [6.45, 7) is 0. The van der Waals surface area contributed by atoms with Gasteiger partial charge in [0.05, 0.1) is 5.56 Å². The molecule has 0 atom stereocenters. The van der Waals surface area contributed by atoms with E-state index in [1.807, 2.05) is 0 Å². The largest absolute Gasteiger partial charge is 0.504 e. The molecule has 80 valence electrons. The second-order valence-electron chi connectivity index (χ2n) is 2.78. The van der Waals surface area contributed by atoms with Crippen molar-refractivity contribution in [2.45, 2.75) is 4.90 Å². The minimum Gasteiger partial charge on any atom is -0.504 e. The van der Waals surface area contributed by atoms with E-state index in [9.17, 15) is 17.2 Å². The Morgan fingerprint density at radius 1 is 1.47 bits per heavy atom. The number of rotatable bonds is 1. The molecule has 1 N–H and O–H groups in total. The lowest BCUT2D eigenvalue weighted by molar-refractivity contribution is 0.411. The van der Waals surface area contributed by atoms with Crippen LogP contribution in [0.4, 0.5) is 8.78 Å². The lowest BCUT2D eigenvalue weighted by Crippen LogP contribution is -2.05. The van der Waals surface area contributed by atoms with Crippen molar-refractivity contribution in [2.24, 2.45) is 0 Å². The third-order valence-electron chi connectivity index (χ3n) is 1.64. The summed E-state index contributed by atoms with van der Waals surface area (Å²) in [5.74, 6) is -4.21. The van der Waals surface area contributed by atoms with E-state index in [1.165, 1.54) is 6.07 Å². The lowest BCUT2D eigenvalue weighted by Gasteiger charge is -2.05. The van der Waals surface area contributed by atoms with Crippen molar-refractivity contribution in [1.29, 1.82) is 5.26 Å². The molecule has 0 amide bonds. The van der Waals surface area contributed by atoms with E-state index >= 15 is 0 Å². The fraction of sp³-hybridized carbons (Fsp3) is 0.125. The Kier molecular flexibility index (Phi) is 2.64. The van der Waals surface area contributed by atoms with Gasteiger partial charge in [-0.05, 0) is 6.07 Å². The number of nitriles is 1. The Balaban J connectivity index is 3.75. The van der Waals surface area contributed by atoms with Crippen LogP contribution in [-0.2, 0) is 9.84 Å². The van der Waals surface area contributed by atoms with Crippen LogP contribution >= 0.6 is 0 Å². The smallest absolute Gasteiger partial charge is 0.187 e. The second-order valence-corrected chi connectivity index (χ2v) is 4.73. The number of halogens is 2. The molecule has 0 bridgehead atoms. The van der Waals surface area contributed by atoms with Gasteiger partial charge >= 0.3 is 0 Å². The molecule has 0 saturated carbocycles. The second kappa shape index (κ2) is 3.47. The van der Waals surface area contributed by atoms with Crippen LogP contribution in [-0.4, -0.2) is 19.8 Å². The average molecular weight is 233 g/mol. The maximum Gasteiger partial charge on any atom is 0.187 e. The summed E-state index contributed by atoms with van der Waals surface area (Å²) in [4.78, 5) is -1.24. The van der Waals surface area contributed by atoms with Gasteiger partial charge in [0, 0.05) is 6.26 Å². The topological polar surface area (TPSA) is 78.2 Å². The zero-order chi connectivity index (χ0) is 11.8. The molecule has 15 heavy (non-hydrogen) atoms. The van der Waals surface area contributed by atoms with Gasteiger partial charge in [-0.25, -0.2) is 17.2 Å². The summed E-state index contributed by atoms with van der Waals surface area (Å²) in [5.41, 5.74) is -0.655. The highest BCUT2D eigenvalue weighted by Gasteiger charge is 2.25. The number of aromatic hydroxyl groups is 1. The number of nitrogens with zero attached hydrogens (tertiary/aromatic N) is 1. The van der Waals surface area contributed by atoms with Crippen LogP contribution in [0.25, 0.3) is 0 Å². The molecule has 0 spiro atoms. The standard InChI is InChI=1S/C8H5F2NO3S/c1-15(13,14)8-5(9)2-4(3-11)7(12)6(8)10/h2,12H,1H3. The molecule has 7 heteroatoms. The van der Waals surface area contributed by atoms with E-state index in [0.29, 0.717) is 12.3 Å². The van der Waals surface area contributed by atoms with Gasteiger partial charge in [0.15, 0.2) is 21.4 Å². The molecule has 0 unspecified atom stereocenters. The quantitative estimate of drug-likeness (QED) is 0.783. The van der Waals surface area contributed by atoms with Crippen LogP contribution in [0.5, 0.6) is 5.75 Å². The van der Waals surface area contributed by atoms with Crippen LogP contribution in [0.15, 0.2) is 11.0 Å². The van der Waals surface area contributed by atoms with Crippen LogP contribution in [0, 0.1) is 23.0 Å². The van der Waals surface area contributed by atoms with Crippen LogP contribution in [0.3, 0.4) is 0 Å². The number of hydrogen-bond acceptors (Lipinski definition) is 4. The van der Waals surface area contributed by atoms with Gasteiger partial charge in [-0.15, -0.1) is 0 Å². The highest BCUT2D eigenvalue weighted by Crippen LogP contribution is 2.29. The third-order valence-corrected chi connectivity index (χ3v) is 2.76. The van der Waals surface area contributed by atoms with Gasteiger partial charge in [0.2, 0.25) is 0 Å². The molecule has 4 nitrogen and oxygen atoms in total. The zero-order valence-electron chi connectivity index (χ0n) is 7.45. The minimum absolute atomic E-state index is 0.467. The highest BCUT2D eigenvalue weighted by molar-refractivity contribution is 7.90. The molecule has 1 rings (SSSR count). The summed E-state index contributed by atoms with van der Waals surface area (Å²) in [6, 6.07) is 1.80. The van der Waals surface area contributed by atoms with Crippen LogP contribution < -0.4 is 0 Å².